The lowest BCUT2D eigenvalue weighted by Crippen LogP contribution is -1.93. The van der Waals surface area contributed by atoms with Gasteiger partial charge in [-0.05, 0) is 32.5 Å². The minimum Gasteiger partial charge on any atom is -0.481 e. The lowest BCUT2D eigenvalue weighted by atomic mass is 10.1. The highest BCUT2D eigenvalue weighted by Gasteiger charge is 1.97. The van der Waals surface area contributed by atoms with E-state index in [1.807, 2.05) is 37.9 Å². The van der Waals surface area contributed by atoms with Crippen LogP contribution < -0.4 is 0 Å². The second-order valence-corrected chi connectivity index (χ2v) is 2.61. The monoisotopic (exact) mass is 262 g/mol. The summed E-state index contributed by atoms with van der Waals surface area (Å²) in [6.45, 7) is 3.93. The first-order chi connectivity index (χ1) is 6.70. The summed E-state index contributed by atoms with van der Waals surface area (Å²) >= 11 is 2.94. The van der Waals surface area contributed by atoms with Gasteiger partial charge in [-0.1, -0.05) is 39.7 Å². The van der Waals surface area contributed by atoms with E-state index in [0.29, 0.717) is 0 Å². The second-order valence-electron chi connectivity index (χ2n) is 2.61. The molecule has 0 spiro atoms. The maximum atomic E-state index is 10.2. The van der Waals surface area contributed by atoms with E-state index in [1.165, 1.54) is 5.57 Å². The zero-order valence-electron chi connectivity index (χ0n) is 9.09. The van der Waals surface area contributed by atoms with Crippen molar-refractivity contribution in [2.75, 3.05) is 5.83 Å². The maximum absolute atomic E-state index is 10.2. The summed E-state index contributed by atoms with van der Waals surface area (Å²) in [5, 5.41) is 8.39. The van der Waals surface area contributed by atoms with E-state index in [1.54, 1.807) is 0 Å². The van der Waals surface area contributed by atoms with Crippen molar-refractivity contribution in [2.45, 2.75) is 33.1 Å². The molecule has 0 atom stereocenters. The van der Waals surface area contributed by atoms with Crippen molar-refractivity contribution in [3.63, 3.8) is 0 Å². The molecule has 0 aliphatic heterocycles. The molecular formula is C11H19BrO2. The Bertz CT molecular complexity index is 195. The molecule has 0 radical (unpaired) electrons. The van der Waals surface area contributed by atoms with Crippen LogP contribution in [0.5, 0.6) is 0 Å². The van der Waals surface area contributed by atoms with Gasteiger partial charge >= 0.3 is 5.97 Å². The van der Waals surface area contributed by atoms with Crippen molar-refractivity contribution in [1.82, 2.24) is 0 Å². The van der Waals surface area contributed by atoms with E-state index in [9.17, 15) is 4.79 Å². The second kappa shape index (κ2) is 12.4. The first-order valence-electron chi connectivity index (χ1n) is 4.58. The molecule has 0 fully saturated rings. The van der Waals surface area contributed by atoms with Crippen molar-refractivity contribution in [2.24, 2.45) is 0 Å². The van der Waals surface area contributed by atoms with Crippen molar-refractivity contribution in [3.05, 3.63) is 23.8 Å². The average Bonchev–Trinajstić information content (AvgIpc) is 2.19. The molecule has 82 valence electrons. The van der Waals surface area contributed by atoms with Crippen LogP contribution in [0.15, 0.2) is 23.8 Å². The summed E-state index contributed by atoms with van der Waals surface area (Å²) < 4.78 is 0. The number of alkyl halides is 1. The number of aliphatic carboxylic acids is 1. The highest BCUT2D eigenvalue weighted by Crippen LogP contribution is 2.08. The summed E-state index contributed by atoms with van der Waals surface area (Å²) in [7, 11) is 0. The van der Waals surface area contributed by atoms with Gasteiger partial charge in [0.05, 0.1) is 0 Å². The summed E-state index contributed by atoms with van der Waals surface area (Å²) in [5.74, 6) is 1.10. The number of hydrogen-bond donors (Lipinski definition) is 1. The number of allylic oxidation sites excluding steroid dienone is 4. The standard InChI is InChI=1S/C10H16O2.CH3Br/c1-3-6-9(4-2)7-5-8-10(11)12;1-2/h3-4,6H,5,7-8H2,1-2H3,(H,11,12);1H3/b6-3-,9-4+;. The van der Waals surface area contributed by atoms with E-state index in [-0.39, 0.29) is 6.42 Å². The highest BCUT2D eigenvalue weighted by molar-refractivity contribution is 9.08. The van der Waals surface area contributed by atoms with E-state index < -0.39 is 5.97 Å². The van der Waals surface area contributed by atoms with Gasteiger partial charge in [0.25, 0.3) is 0 Å². The summed E-state index contributed by atoms with van der Waals surface area (Å²) in [5.41, 5.74) is 1.21. The van der Waals surface area contributed by atoms with Crippen LogP contribution in [0.1, 0.15) is 33.1 Å². The Balaban J connectivity index is 0. The Morgan fingerprint density at radius 2 is 1.86 bits per heavy atom. The molecule has 1 N–H and O–H groups in total. The molecule has 14 heavy (non-hydrogen) atoms. The van der Waals surface area contributed by atoms with E-state index in [2.05, 4.69) is 15.9 Å². The molecule has 0 aromatic carbocycles. The Hall–Kier alpha value is -0.570. The van der Waals surface area contributed by atoms with Crippen LogP contribution in [-0.4, -0.2) is 16.9 Å². The topological polar surface area (TPSA) is 37.3 Å². The number of halogens is 1. The van der Waals surface area contributed by atoms with E-state index in [0.717, 1.165) is 12.8 Å². The smallest absolute Gasteiger partial charge is 0.303 e. The average molecular weight is 263 g/mol. The van der Waals surface area contributed by atoms with E-state index >= 15 is 0 Å². The van der Waals surface area contributed by atoms with Crippen LogP contribution >= 0.6 is 15.9 Å². The molecule has 0 aliphatic rings. The number of carbonyl (C=O) groups is 1. The Morgan fingerprint density at radius 1 is 1.29 bits per heavy atom. The SMILES string of the molecule is C/C=C\C(=C/C)CCCC(=O)O.CBr. The highest BCUT2D eigenvalue weighted by atomic mass is 79.9. The van der Waals surface area contributed by atoms with Crippen molar-refractivity contribution >= 4 is 21.9 Å². The summed E-state index contributed by atoms with van der Waals surface area (Å²) in [4.78, 5) is 10.2. The molecule has 3 heteroatoms. The van der Waals surface area contributed by atoms with E-state index in [4.69, 9.17) is 5.11 Å². The van der Waals surface area contributed by atoms with Crippen LogP contribution in [0.2, 0.25) is 0 Å². The molecule has 0 heterocycles. The quantitative estimate of drug-likeness (QED) is 0.605. The molecule has 0 aromatic rings. The third-order valence-corrected chi connectivity index (χ3v) is 1.61. The lowest BCUT2D eigenvalue weighted by molar-refractivity contribution is -0.137. The van der Waals surface area contributed by atoms with Crippen LogP contribution in [0.3, 0.4) is 0 Å². The van der Waals surface area contributed by atoms with Crippen LogP contribution in [0.25, 0.3) is 0 Å². The molecule has 0 rings (SSSR count). The lowest BCUT2D eigenvalue weighted by Gasteiger charge is -1.98. The van der Waals surface area contributed by atoms with Crippen molar-refractivity contribution < 1.29 is 9.90 Å². The third-order valence-electron chi connectivity index (χ3n) is 1.61. The first kappa shape index (κ1) is 15.9. The Morgan fingerprint density at radius 3 is 2.21 bits per heavy atom. The number of hydrogen-bond acceptors (Lipinski definition) is 1. The van der Waals surface area contributed by atoms with Crippen molar-refractivity contribution in [1.29, 1.82) is 0 Å². The van der Waals surface area contributed by atoms with Gasteiger partial charge in [0.1, 0.15) is 0 Å². The van der Waals surface area contributed by atoms with Gasteiger partial charge in [-0.15, -0.1) is 0 Å². The maximum Gasteiger partial charge on any atom is 0.303 e. The molecule has 0 amide bonds. The Kier molecular flexibility index (Phi) is 14.1. The summed E-state index contributed by atoms with van der Waals surface area (Å²) in [6.07, 6.45) is 7.83. The number of carboxylic acid groups (broad SMARTS) is 1. The van der Waals surface area contributed by atoms with Crippen LogP contribution in [0.4, 0.5) is 0 Å². The number of rotatable bonds is 5. The summed E-state index contributed by atoms with van der Waals surface area (Å²) in [6, 6.07) is 0. The third kappa shape index (κ3) is 11.4. The van der Waals surface area contributed by atoms with Crippen LogP contribution in [0, 0.1) is 0 Å². The van der Waals surface area contributed by atoms with Crippen LogP contribution in [-0.2, 0) is 4.79 Å². The molecule has 2 nitrogen and oxygen atoms in total. The number of carboxylic acids is 1. The zero-order valence-corrected chi connectivity index (χ0v) is 10.7. The van der Waals surface area contributed by atoms with Gasteiger partial charge in [-0.25, -0.2) is 0 Å². The first-order valence-corrected chi connectivity index (χ1v) is 6.16. The zero-order chi connectivity index (χ0) is 11.4. The van der Waals surface area contributed by atoms with Gasteiger partial charge in [-0.3, -0.25) is 4.79 Å². The molecule has 0 aromatic heterocycles. The van der Waals surface area contributed by atoms with Gasteiger partial charge in [0.15, 0.2) is 0 Å². The van der Waals surface area contributed by atoms with Gasteiger partial charge in [0.2, 0.25) is 0 Å². The minimum absolute atomic E-state index is 0.259. The fourth-order valence-corrected chi connectivity index (χ4v) is 0.982. The molecule has 0 bridgehead atoms. The van der Waals surface area contributed by atoms with Gasteiger partial charge in [-0.2, -0.15) is 0 Å². The van der Waals surface area contributed by atoms with Gasteiger partial charge < -0.3 is 5.11 Å². The molecule has 0 aliphatic carbocycles. The predicted octanol–water partition coefficient (Wildman–Crippen LogP) is 3.77. The predicted molar refractivity (Wildman–Crippen MR) is 64.9 cm³/mol. The normalized spacial score (nSPS) is 11.0. The minimum atomic E-state index is -0.717. The fourth-order valence-electron chi connectivity index (χ4n) is 0.982. The molecule has 0 saturated heterocycles. The largest absolute Gasteiger partial charge is 0.481 e. The molecule has 0 saturated carbocycles. The molecule has 0 unspecified atom stereocenters. The molecular weight excluding hydrogens is 244 g/mol. The van der Waals surface area contributed by atoms with Crippen molar-refractivity contribution in [3.8, 4) is 0 Å². The Labute approximate surface area is 94.8 Å². The fraction of sp³-hybridized carbons (Fsp3) is 0.545. The van der Waals surface area contributed by atoms with Gasteiger partial charge in [0, 0.05) is 6.42 Å².